The van der Waals surface area contributed by atoms with Crippen LogP contribution in [-0.4, -0.2) is 0 Å². The van der Waals surface area contributed by atoms with Crippen molar-refractivity contribution in [2.75, 3.05) is 0 Å². The van der Waals surface area contributed by atoms with E-state index in [-0.39, 0.29) is 0 Å². The highest BCUT2D eigenvalue weighted by Crippen LogP contribution is 2.32. The standard InChI is InChI=1S/C16H14O/c1-3-6-13-11(2)17-16-14-8-5-4-7-12(14)9-10-15(13)16/h3-10H,1-2H3/b6-3-. The minimum absolute atomic E-state index is 0.981. The molecular weight excluding hydrogens is 208 g/mol. The Kier molecular flexibility index (Phi) is 2.25. The second-order valence-corrected chi connectivity index (χ2v) is 4.24. The van der Waals surface area contributed by atoms with Crippen LogP contribution in [0.15, 0.2) is 46.9 Å². The van der Waals surface area contributed by atoms with E-state index < -0.39 is 0 Å². The number of fused-ring (bicyclic) bond motifs is 3. The molecule has 1 nitrogen and oxygen atoms in total. The maximum absolute atomic E-state index is 5.91. The lowest BCUT2D eigenvalue weighted by Gasteiger charge is -1.97. The van der Waals surface area contributed by atoms with Crippen molar-refractivity contribution in [1.29, 1.82) is 0 Å². The second-order valence-electron chi connectivity index (χ2n) is 4.24. The van der Waals surface area contributed by atoms with Crippen LogP contribution in [0.5, 0.6) is 0 Å². The zero-order valence-corrected chi connectivity index (χ0v) is 10.0. The van der Waals surface area contributed by atoms with E-state index in [0.29, 0.717) is 0 Å². The first-order valence-electron chi connectivity index (χ1n) is 5.85. The van der Waals surface area contributed by atoms with Crippen molar-refractivity contribution in [3.8, 4) is 0 Å². The molecule has 17 heavy (non-hydrogen) atoms. The molecule has 0 radical (unpaired) electrons. The van der Waals surface area contributed by atoms with Crippen molar-refractivity contribution in [2.24, 2.45) is 0 Å². The molecule has 0 aliphatic rings. The van der Waals surface area contributed by atoms with Gasteiger partial charge in [0.05, 0.1) is 0 Å². The molecule has 0 aliphatic heterocycles. The summed E-state index contributed by atoms with van der Waals surface area (Å²) in [6.07, 6.45) is 4.16. The molecule has 0 aliphatic carbocycles. The Morgan fingerprint density at radius 2 is 1.82 bits per heavy atom. The Hall–Kier alpha value is -2.02. The van der Waals surface area contributed by atoms with E-state index in [2.05, 4.69) is 42.5 Å². The zero-order valence-electron chi connectivity index (χ0n) is 10.0. The zero-order chi connectivity index (χ0) is 11.8. The SMILES string of the molecule is C/C=C\c1c(C)oc2c1ccc1ccccc12. The monoisotopic (exact) mass is 222 g/mol. The number of hydrogen-bond acceptors (Lipinski definition) is 1. The first-order valence-corrected chi connectivity index (χ1v) is 5.85. The predicted molar refractivity (Wildman–Crippen MR) is 73.2 cm³/mol. The quantitative estimate of drug-likeness (QED) is 0.569. The molecule has 3 rings (SSSR count). The van der Waals surface area contributed by atoms with E-state index in [0.717, 1.165) is 11.3 Å². The van der Waals surface area contributed by atoms with E-state index in [1.807, 2.05) is 19.9 Å². The van der Waals surface area contributed by atoms with Crippen LogP contribution in [0.3, 0.4) is 0 Å². The average Bonchev–Trinajstić information content (AvgIpc) is 2.67. The summed E-state index contributed by atoms with van der Waals surface area (Å²) in [5, 5.41) is 3.60. The van der Waals surface area contributed by atoms with E-state index in [1.54, 1.807) is 0 Å². The number of hydrogen-bond donors (Lipinski definition) is 0. The number of rotatable bonds is 1. The predicted octanol–water partition coefficient (Wildman–Crippen LogP) is 4.93. The Morgan fingerprint density at radius 3 is 2.65 bits per heavy atom. The molecule has 1 heterocycles. The van der Waals surface area contributed by atoms with Crippen LogP contribution < -0.4 is 0 Å². The number of furan rings is 1. The van der Waals surface area contributed by atoms with Crippen LogP contribution in [-0.2, 0) is 0 Å². The van der Waals surface area contributed by atoms with E-state index in [4.69, 9.17) is 4.42 Å². The van der Waals surface area contributed by atoms with Crippen molar-refractivity contribution >= 4 is 27.8 Å². The minimum Gasteiger partial charge on any atom is -0.460 e. The number of allylic oxidation sites excluding steroid dienone is 1. The van der Waals surface area contributed by atoms with Gasteiger partial charge in [-0.3, -0.25) is 0 Å². The Morgan fingerprint density at radius 1 is 1.00 bits per heavy atom. The molecule has 3 aromatic rings. The molecular formula is C16H14O. The van der Waals surface area contributed by atoms with Gasteiger partial charge in [0.1, 0.15) is 11.3 Å². The summed E-state index contributed by atoms with van der Waals surface area (Å²) >= 11 is 0. The average molecular weight is 222 g/mol. The van der Waals surface area contributed by atoms with E-state index in [1.165, 1.54) is 21.7 Å². The fourth-order valence-electron chi connectivity index (χ4n) is 2.34. The first-order chi connectivity index (χ1) is 8.31. The molecule has 84 valence electrons. The fourth-order valence-corrected chi connectivity index (χ4v) is 2.34. The van der Waals surface area contributed by atoms with Gasteiger partial charge in [-0.15, -0.1) is 0 Å². The third-order valence-electron chi connectivity index (χ3n) is 3.14. The smallest absolute Gasteiger partial charge is 0.142 e. The lowest BCUT2D eigenvalue weighted by atomic mass is 10.0. The van der Waals surface area contributed by atoms with Gasteiger partial charge in [0.25, 0.3) is 0 Å². The van der Waals surface area contributed by atoms with Crippen LogP contribution in [0.2, 0.25) is 0 Å². The normalized spacial score (nSPS) is 11.9. The molecule has 1 heteroatoms. The largest absolute Gasteiger partial charge is 0.460 e. The van der Waals surface area contributed by atoms with Crippen molar-refractivity contribution < 1.29 is 4.42 Å². The highest BCUT2D eigenvalue weighted by Gasteiger charge is 2.10. The second kappa shape index (κ2) is 3.77. The van der Waals surface area contributed by atoms with Gasteiger partial charge in [0.2, 0.25) is 0 Å². The van der Waals surface area contributed by atoms with Crippen molar-refractivity contribution in [2.45, 2.75) is 13.8 Å². The van der Waals surface area contributed by atoms with Gasteiger partial charge in [-0.2, -0.15) is 0 Å². The first kappa shape index (κ1) is 10.2. The van der Waals surface area contributed by atoms with Crippen LogP contribution in [0.1, 0.15) is 18.2 Å². The maximum Gasteiger partial charge on any atom is 0.142 e. The summed E-state index contributed by atoms with van der Waals surface area (Å²) in [6.45, 7) is 4.05. The third-order valence-corrected chi connectivity index (χ3v) is 3.14. The van der Waals surface area contributed by atoms with Gasteiger partial charge < -0.3 is 4.42 Å². The fraction of sp³-hybridized carbons (Fsp3) is 0.125. The van der Waals surface area contributed by atoms with Crippen LogP contribution in [0.4, 0.5) is 0 Å². The van der Waals surface area contributed by atoms with Gasteiger partial charge >= 0.3 is 0 Å². The summed E-state index contributed by atoms with van der Waals surface area (Å²) in [5.41, 5.74) is 2.18. The topological polar surface area (TPSA) is 13.1 Å². The molecule has 0 N–H and O–H groups in total. The van der Waals surface area contributed by atoms with Crippen molar-refractivity contribution in [3.05, 3.63) is 53.8 Å². The third kappa shape index (κ3) is 1.47. The summed E-state index contributed by atoms with van der Waals surface area (Å²) in [4.78, 5) is 0. The molecule has 1 aromatic heterocycles. The lowest BCUT2D eigenvalue weighted by Crippen LogP contribution is -1.74. The molecule has 0 amide bonds. The molecule has 0 spiro atoms. The van der Waals surface area contributed by atoms with Gasteiger partial charge in [-0.05, 0) is 25.3 Å². The maximum atomic E-state index is 5.91. The highest BCUT2D eigenvalue weighted by atomic mass is 16.3. The summed E-state index contributed by atoms with van der Waals surface area (Å²) in [6, 6.07) is 12.6. The number of aryl methyl sites for hydroxylation is 1. The van der Waals surface area contributed by atoms with Crippen molar-refractivity contribution in [3.63, 3.8) is 0 Å². The molecule has 0 saturated heterocycles. The van der Waals surface area contributed by atoms with Crippen LogP contribution in [0, 0.1) is 6.92 Å². The number of benzene rings is 2. The van der Waals surface area contributed by atoms with Crippen LogP contribution in [0.25, 0.3) is 27.8 Å². The Bertz CT molecular complexity index is 717. The molecule has 0 atom stereocenters. The van der Waals surface area contributed by atoms with E-state index in [9.17, 15) is 0 Å². The van der Waals surface area contributed by atoms with Crippen LogP contribution >= 0.6 is 0 Å². The summed E-state index contributed by atoms with van der Waals surface area (Å²) in [5.74, 6) is 0.981. The highest BCUT2D eigenvalue weighted by molar-refractivity contribution is 6.07. The Labute approximate surface area is 100 Å². The van der Waals surface area contributed by atoms with Crippen molar-refractivity contribution in [1.82, 2.24) is 0 Å². The summed E-state index contributed by atoms with van der Waals surface area (Å²) in [7, 11) is 0. The Balaban J connectivity index is 2.49. The van der Waals surface area contributed by atoms with Gasteiger partial charge in [0.15, 0.2) is 0 Å². The lowest BCUT2D eigenvalue weighted by molar-refractivity contribution is 0.580. The molecule has 0 saturated carbocycles. The molecule has 0 unspecified atom stereocenters. The minimum atomic E-state index is 0.981. The molecule has 0 bridgehead atoms. The molecule has 0 fully saturated rings. The molecule has 2 aromatic carbocycles. The van der Waals surface area contributed by atoms with Gasteiger partial charge in [-0.1, -0.05) is 42.5 Å². The van der Waals surface area contributed by atoms with Gasteiger partial charge in [0, 0.05) is 16.3 Å². The van der Waals surface area contributed by atoms with E-state index >= 15 is 0 Å². The van der Waals surface area contributed by atoms with Gasteiger partial charge in [-0.25, -0.2) is 0 Å². The summed E-state index contributed by atoms with van der Waals surface area (Å²) < 4.78 is 5.91.